The molecule has 2 heterocycles. The number of morpholine rings is 1. The first kappa shape index (κ1) is 19.9. The highest BCUT2D eigenvalue weighted by molar-refractivity contribution is 7.89. The van der Waals surface area contributed by atoms with E-state index in [0.29, 0.717) is 37.6 Å². The Hall–Kier alpha value is -2.42. The number of hydrogen-bond donors (Lipinski definition) is 1. The number of ether oxygens (including phenoxy) is 1. The summed E-state index contributed by atoms with van der Waals surface area (Å²) in [5.74, 6) is -0.308. The molecule has 0 unspecified atom stereocenters. The second kappa shape index (κ2) is 8.52. The SMILES string of the molecule is O=C(Nc1ccccc1)c1cc(S(=O)(=O)N2CCOCC2)ccc1N1CCCC1. The van der Waals surface area contributed by atoms with E-state index >= 15 is 0 Å². The summed E-state index contributed by atoms with van der Waals surface area (Å²) in [5.41, 5.74) is 1.83. The summed E-state index contributed by atoms with van der Waals surface area (Å²) in [6.45, 7) is 3.13. The largest absolute Gasteiger partial charge is 0.379 e. The van der Waals surface area contributed by atoms with Gasteiger partial charge in [0.05, 0.1) is 23.7 Å². The first-order valence-corrected chi connectivity index (χ1v) is 11.3. The van der Waals surface area contributed by atoms with Crippen molar-refractivity contribution in [2.75, 3.05) is 49.6 Å². The Morgan fingerprint density at radius 1 is 0.931 bits per heavy atom. The molecule has 0 atom stereocenters. The molecule has 2 fully saturated rings. The average Bonchev–Trinajstić information content (AvgIpc) is 3.29. The fourth-order valence-electron chi connectivity index (χ4n) is 3.75. The molecule has 0 saturated carbocycles. The van der Waals surface area contributed by atoms with Crippen LogP contribution in [0.1, 0.15) is 23.2 Å². The molecule has 8 heteroatoms. The topological polar surface area (TPSA) is 79.0 Å². The standard InChI is InChI=1S/C21H25N3O4S/c25-21(22-17-6-2-1-3-7-17)19-16-18(8-9-20(19)23-10-4-5-11-23)29(26,27)24-12-14-28-15-13-24/h1-3,6-9,16H,4-5,10-15H2,(H,22,25). The second-order valence-corrected chi connectivity index (χ2v) is 9.15. The van der Waals surface area contributed by atoms with Gasteiger partial charge in [-0.15, -0.1) is 0 Å². The average molecular weight is 416 g/mol. The number of nitrogens with one attached hydrogen (secondary N) is 1. The van der Waals surface area contributed by atoms with Crippen LogP contribution >= 0.6 is 0 Å². The molecule has 2 aliphatic heterocycles. The molecule has 0 aromatic heterocycles. The number of nitrogens with zero attached hydrogens (tertiary/aromatic N) is 2. The summed E-state index contributed by atoms with van der Waals surface area (Å²) in [7, 11) is -3.68. The summed E-state index contributed by atoms with van der Waals surface area (Å²) < 4.78 is 32.8. The van der Waals surface area contributed by atoms with E-state index in [4.69, 9.17) is 4.74 Å². The van der Waals surface area contributed by atoms with Gasteiger partial charge in [0.25, 0.3) is 5.91 Å². The third kappa shape index (κ3) is 4.29. The van der Waals surface area contributed by atoms with Gasteiger partial charge >= 0.3 is 0 Å². The van der Waals surface area contributed by atoms with Gasteiger partial charge in [-0.3, -0.25) is 4.79 Å². The Morgan fingerprint density at radius 2 is 1.62 bits per heavy atom. The fourth-order valence-corrected chi connectivity index (χ4v) is 5.18. The lowest BCUT2D eigenvalue weighted by atomic mass is 10.1. The van der Waals surface area contributed by atoms with E-state index in [2.05, 4.69) is 10.2 Å². The van der Waals surface area contributed by atoms with E-state index in [9.17, 15) is 13.2 Å². The second-order valence-electron chi connectivity index (χ2n) is 7.21. The van der Waals surface area contributed by atoms with Gasteiger partial charge in [-0.1, -0.05) is 18.2 Å². The lowest BCUT2D eigenvalue weighted by Gasteiger charge is -2.27. The predicted octanol–water partition coefficient (Wildman–Crippen LogP) is 2.56. The molecule has 0 spiro atoms. The molecule has 4 rings (SSSR count). The Labute approximate surface area is 171 Å². The number of para-hydroxylation sites is 1. The summed E-state index contributed by atoms with van der Waals surface area (Å²) in [4.78, 5) is 15.4. The van der Waals surface area contributed by atoms with Crippen molar-refractivity contribution >= 4 is 27.3 Å². The molecule has 1 amide bonds. The number of hydrogen-bond acceptors (Lipinski definition) is 5. The Morgan fingerprint density at radius 3 is 2.31 bits per heavy atom. The Bertz CT molecular complexity index is 967. The van der Waals surface area contributed by atoms with Crippen LogP contribution in [-0.4, -0.2) is 58.0 Å². The minimum atomic E-state index is -3.68. The van der Waals surface area contributed by atoms with Gasteiger partial charge in [-0.2, -0.15) is 4.31 Å². The van der Waals surface area contributed by atoms with Crippen molar-refractivity contribution in [3.05, 3.63) is 54.1 Å². The van der Waals surface area contributed by atoms with Crippen LogP contribution in [0.4, 0.5) is 11.4 Å². The van der Waals surface area contributed by atoms with Crippen LogP contribution in [0.5, 0.6) is 0 Å². The fraction of sp³-hybridized carbons (Fsp3) is 0.381. The van der Waals surface area contributed by atoms with Gasteiger partial charge in [0.15, 0.2) is 0 Å². The summed E-state index contributed by atoms with van der Waals surface area (Å²) >= 11 is 0. The predicted molar refractivity (Wildman–Crippen MR) is 112 cm³/mol. The summed E-state index contributed by atoms with van der Waals surface area (Å²) in [6, 6.07) is 14.1. The highest BCUT2D eigenvalue weighted by atomic mass is 32.2. The lowest BCUT2D eigenvalue weighted by molar-refractivity contribution is 0.0730. The molecule has 0 radical (unpaired) electrons. The van der Waals surface area contributed by atoms with Crippen molar-refractivity contribution in [3.63, 3.8) is 0 Å². The molecule has 2 saturated heterocycles. The van der Waals surface area contributed by atoms with Gasteiger partial charge in [0.1, 0.15) is 0 Å². The van der Waals surface area contributed by atoms with Crippen LogP contribution in [0, 0.1) is 0 Å². The summed E-state index contributed by atoms with van der Waals surface area (Å²) in [5, 5.41) is 2.89. The van der Waals surface area contributed by atoms with Crippen LogP contribution in [-0.2, 0) is 14.8 Å². The van der Waals surface area contributed by atoms with Crippen molar-refractivity contribution in [3.8, 4) is 0 Å². The lowest BCUT2D eigenvalue weighted by Crippen LogP contribution is -2.40. The molecule has 2 aromatic rings. The minimum Gasteiger partial charge on any atom is -0.379 e. The van der Waals surface area contributed by atoms with Crippen molar-refractivity contribution in [2.24, 2.45) is 0 Å². The highest BCUT2D eigenvalue weighted by Gasteiger charge is 2.29. The van der Waals surface area contributed by atoms with Crippen LogP contribution in [0.2, 0.25) is 0 Å². The van der Waals surface area contributed by atoms with E-state index < -0.39 is 10.0 Å². The molecule has 0 aliphatic carbocycles. The van der Waals surface area contributed by atoms with Gasteiger partial charge < -0.3 is 15.0 Å². The molecular formula is C21H25N3O4S. The van der Waals surface area contributed by atoms with Gasteiger partial charge in [-0.05, 0) is 43.2 Å². The number of anilines is 2. The van der Waals surface area contributed by atoms with Crippen LogP contribution in [0.15, 0.2) is 53.4 Å². The number of carbonyl (C=O) groups is 1. The van der Waals surface area contributed by atoms with Gasteiger partial charge in [-0.25, -0.2) is 8.42 Å². The van der Waals surface area contributed by atoms with Crippen LogP contribution in [0.25, 0.3) is 0 Å². The molecule has 2 aliphatic rings. The van der Waals surface area contributed by atoms with Crippen molar-refractivity contribution in [1.82, 2.24) is 4.31 Å². The molecule has 154 valence electrons. The molecular weight excluding hydrogens is 390 g/mol. The van der Waals surface area contributed by atoms with Crippen LogP contribution < -0.4 is 10.2 Å². The van der Waals surface area contributed by atoms with Crippen molar-refractivity contribution in [1.29, 1.82) is 0 Å². The molecule has 2 aromatic carbocycles. The van der Waals surface area contributed by atoms with Gasteiger partial charge in [0.2, 0.25) is 10.0 Å². The summed E-state index contributed by atoms with van der Waals surface area (Å²) in [6.07, 6.45) is 2.13. The first-order chi connectivity index (χ1) is 14.1. The number of amides is 1. The van der Waals surface area contributed by atoms with E-state index in [1.807, 2.05) is 30.3 Å². The van der Waals surface area contributed by atoms with E-state index in [-0.39, 0.29) is 10.8 Å². The minimum absolute atomic E-state index is 0.139. The zero-order valence-corrected chi connectivity index (χ0v) is 17.0. The van der Waals surface area contributed by atoms with E-state index in [1.165, 1.54) is 10.4 Å². The van der Waals surface area contributed by atoms with Crippen LogP contribution in [0.3, 0.4) is 0 Å². The number of carbonyl (C=O) groups excluding carboxylic acids is 1. The maximum absolute atomic E-state index is 13.1. The Kier molecular flexibility index (Phi) is 5.84. The number of sulfonamides is 1. The number of rotatable bonds is 5. The maximum atomic E-state index is 13.1. The van der Waals surface area contributed by atoms with E-state index in [0.717, 1.165) is 31.6 Å². The third-order valence-corrected chi connectivity index (χ3v) is 7.19. The normalized spacial score (nSPS) is 18.0. The van der Waals surface area contributed by atoms with Crippen molar-refractivity contribution < 1.29 is 17.9 Å². The molecule has 1 N–H and O–H groups in total. The zero-order chi connectivity index (χ0) is 20.3. The number of benzene rings is 2. The van der Waals surface area contributed by atoms with Crippen molar-refractivity contribution in [2.45, 2.75) is 17.7 Å². The molecule has 0 bridgehead atoms. The smallest absolute Gasteiger partial charge is 0.257 e. The monoisotopic (exact) mass is 415 g/mol. The zero-order valence-electron chi connectivity index (χ0n) is 16.2. The molecule has 29 heavy (non-hydrogen) atoms. The highest BCUT2D eigenvalue weighted by Crippen LogP contribution is 2.29. The molecule has 7 nitrogen and oxygen atoms in total. The van der Waals surface area contributed by atoms with Gasteiger partial charge in [0, 0.05) is 37.6 Å². The van der Waals surface area contributed by atoms with E-state index in [1.54, 1.807) is 12.1 Å². The Balaban J connectivity index is 1.69. The first-order valence-electron chi connectivity index (χ1n) is 9.89. The maximum Gasteiger partial charge on any atom is 0.257 e. The third-order valence-electron chi connectivity index (χ3n) is 5.30. The quantitative estimate of drug-likeness (QED) is 0.812.